The highest BCUT2D eigenvalue weighted by atomic mass is 19.1. The Hall–Kier alpha value is -3.32. The van der Waals surface area contributed by atoms with Crippen molar-refractivity contribution in [2.75, 3.05) is 32.9 Å². The third-order valence-corrected chi connectivity index (χ3v) is 6.41. The number of nitrogens with one attached hydrogen (secondary N) is 2. The minimum Gasteiger partial charge on any atom is -0.446 e. The van der Waals surface area contributed by atoms with E-state index in [1.807, 2.05) is 12.1 Å². The first-order valence-corrected chi connectivity index (χ1v) is 11.3. The summed E-state index contributed by atoms with van der Waals surface area (Å²) in [4.78, 5) is 24.6. The van der Waals surface area contributed by atoms with Crippen LogP contribution >= 0.6 is 0 Å². The van der Waals surface area contributed by atoms with Crippen molar-refractivity contribution in [3.63, 3.8) is 0 Å². The van der Waals surface area contributed by atoms with Gasteiger partial charge in [-0.25, -0.2) is 9.18 Å². The maximum Gasteiger partial charge on any atom is 0.339 e. The van der Waals surface area contributed by atoms with Gasteiger partial charge >= 0.3 is 5.97 Å². The molecule has 0 saturated carbocycles. The molecular weight excluding hydrogens is 441 g/mol. The Morgan fingerprint density at radius 1 is 1.26 bits per heavy atom. The molecule has 3 aliphatic heterocycles. The minimum absolute atomic E-state index is 0.0292. The van der Waals surface area contributed by atoms with Gasteiger partial charge in [-0.05, 0) is 47.9 Å². The number of ether oxygens (including phenoxy) is 3. The van der Waals surface area contributed by atoms with Gasteiger partial charge in [-0.2, -0.15) is 5.26 Å². The van der Waals surface area contributed by atoms with Crippen LogP contribution in [-0.2, 0) is 31.0 Å². The molecular formula is C25H24FN3O5. The van der Waals surface area contributed by atoms with E-state index >= 15 is 0 Å². The van der Waals surface area contributed by atoms with Crippen molar-refractivity contribution < 1.29 is 28.2 Å². The molecule has 0 aliphatic carbocycles. The molecule has 176 valence electrons. The van der Waals surface area contributed by atoms with Crippen LogP contribution in [-0.4, -0.2) is 56.9 Å². The van der Waals surface area contributed by atoms with Gasteiger partial charge in [0.2, 0.25) is 0 Å². The van der Waals surface area contributed by atoms with Crippen molar-refractivity contribution >= 4 is 11.9 Å². The second kappa shape index (κ2) is 9.14. The molecule has 9 heteroatoms. The van der Waals surface area contributed by atoms with E-state index in [0.717, 1.165) is 24.1 Å². The van der Waals surface area contributed by atoms with Crippen LogP contribution < -0.4 is 10.6 Å². The predicted octanol–water partition coefficient (Wildman–Crippen LogP) is 1.82. The van der Waals surface area contributed by atoms with Gasteiger partial charge < -0.3 is 24.8 Å². The number of hydrogen-bond acceptors (Lipinski definition) is 7. The average molecular weight is 465 g/mol. The van der Waals surface area contributed by atoms with Crippen molar-refractivity contribution in [2.24, 2.45) is 0 Å². The second-order valence-electron chi connectivity index (χ2n) is 8.75. The van der Waals surface area contributed by atoms with Gasteiger partial charge in [-0.3, -0.25) is 4.79 Å². The Morgan fingerprint density at radius 3 is 2.79 bits per heavy atom. The number of benzene rings is 2. The second-order valence-corrected chi connectivity index (χ2v) is 8.75. The van der Waals surface area contributed by atoms with Gasteiger partial charge in [-0.1, -0.05) is 18.2 Å². The van der Waals surface area contributed by atoms with Crippen LogP contribution in [0.4, 0.5) is 4.39 Å². The highest BCUT2D eigenvalue weighted by Crippen LogP contribution is 2.43. The van der Waals surface area contributed by atoms with Gasteiger partial charge in [0.25, 0.3) is 5.91 Å². The molecule has 1 amide bonds. The number of carbonyl (C=O) groups excluding carboxylic acids is 2. The lowest BCUT2D eigenvalue weighted by atomic mass is 9.88. The van der Waals surface area contributed by atoms with E-state index in [2.05, 4.69) is 10.6 Å². The first kappa shape index (κ1) is 22.5. The Bertz CT molecular complexity index is 1170. The summed E-state index contributed by atoms with van der Waals surface area (Å²) in [5, 5.41) is 15.3. The lowest BCUT2D eigenvalue weighted by molar-refractivity contribution is -0.179. The van der Waals surface area contributed by atoms with E-state index in [4.69, 9.17) is 14.2 Å². The molecule has 8 nitrogen and oxygen atoms in total. The predicted molar refractivity (Wildman–Crippen MR) is 118 cm³/mol. The Balaban J connectivity index is 1.30. The number of esters is 1. The first-order chi connectivity index (χ1) is 16.5. The minimum atomic E-state index is -0.888. The van der Waals surface area contributed by atoms with Gasteiger partial charge in [0.1, 0.15) is 18.0 Å². The Kier molecular flexibility index (Phi) is 6.04. The van der Waals surface area contributed by atoms with Crippen LogP contribution in [0.25, 0.3) is 11.1 Å². The summed E-state index contributed by atoms with van der Waals surface area (Å²) in [5.74, 6) is -1.24. The number of fused-ring (bicyclic) bond motifs is 2. The molecule has 34 heavy (non-hydrogen) atoms. The molecule has 0 unspecified atom stereocenters. The highest BCUT2D eigenvalue weighted by Gasteiger charge is 2.51. The molecule has 2 aromatic rings. The molecule has 2 aromatic carbocycles. The third kappa shape index (κ3) is 4.16. The highest BCUT2D eigenvalue weighted by molar-refractivity contribution is 5.96. The molecule has 1 spiro atoms. The number of amides is 1. The van der Waals surface area contributed by atoms with Crippen LogP contribution in [0.5, 0.6) is 0 Å². The summed E-state index contributed by atoms with van der Waals surface area (Å²) >= 11 is 0. The molecule has 0 aromatic heterocycles. The van der Waals surface area contributed by atoms with Gasteiger partial charge in [0.15, 0.2) is 5.60 Å². The molecule has 3 aliphatic rings. The summed E-state index contributed by atoms with van der Waals surface area (Å²) < 4.78 is 31.3. The zero-order valence-corrected chi connectivity index (χ0v) is 18.4. The van der Waals surface area contributed by atoms with Gasteiger partial charge in [0.05, 0.1) is 24.8 Å². The summed E-state index contributed by atoms with van der Waals surface area (Å²) in [6.07, 6.45) is 0.165. The molecule has 3 heterocycles. The number of hydrogen-bond donors (Lipinski definition) is 2. The standard InChI is InChI=1S/C25H24FN3O5/c26-21-10-16(15-4-5-19-20(9-15)25(13-32-14-25)34-24(19)31)2-3-17(21)8-18(11-27)29-23(30)22-12-28-6-1-7-33-22/h2-5,9-10,18,22,28H,1,6-8,12-14H2,(H,29,30)/t18-,22-/m0/s1. The lowest BCUT2D eigenvalue weighted by Crippen LogP contribution is -2.46. The van der Waals surface area contributed by atoms with Crippen molar-refractivity contribution in [1.29, 1.82) is 5.26 Å². The molecule has 2 fully saturated rings. The number of rotatable bonds is 5. The summed E-state index contributed by atoms with van der Waals surface area (Å²) in [7, 11) is 0. The largest absolute Gasteiger partial charge is 0.446 e. The van der Waals surface area contributed by atoms with E-state index in [1.54, 1.807) is 24.3 Å². The van der Waals surface area contributed by atoms with Gasteiger partial charge in [-0.15, -0.1) is 0 Å². The van der Waals surface area contributed by atoms with Crippen molar-refractivity contribution in [3.05, 3.63) is 58.9 Å². The third-order valence-electron chi connectivity index (χ3n) is 6.41. The van der Waals surface area contributed by atoms with Crippen LogP contribution in [0.15, 0.2) is 36.4 Å². The number of nitrogens with zero attached hydrogens (tertiary/aromatic N) is 1. The zero-order chi connectivity index (χ0) is 23.7. The monoisotopic (exact) mass is 465 g/mol. The number of carbonyl (C=O) groups is 2. The lowest BCUT2D eigenvalue weighted by Gasteiger charge is -2.36. The normalized spacial score (nSPS) is 21.5. The molecule has 0 bridgehead atoms. The van der Waals surface area contributed by atoms with Crippen molar-refractivity contribution in [2.45, 2.75) is 30.6 Å². The van der Waals surface area contributed by atoms with Gasteiger partial charge in [0, 0.05) is 25.1 Å². The van der Waals surface area contributed by atoms with Crippen molar-refractivity contribution in [1.82, 2.24) is 10.6 Å². The van der Waals surface area contributed by atoms with E-state index in [-0.39, 0.29) is 18.3 Å². The maximum absolute atomic E-state index is 15.0. The fourth-order valence-electron chi connectivity index (χ4n) is 4.46. The van der Waals surface area contributed by atoms with Crippen molar-refractivity contribution in [3.8, 4) is 17.2 Å². The fraction of sp³-hybridized carbons (Fsp3) is 0.400. The van der Waals surface area contributed by atoms with E-state index < -0.39 is 23.6 Å². The zero-order valence-electron chi connectivity index (χ0n) is 18.4. The molecule has 2 saturated heterocycles. The van der Waals surface area contributed by atoms with Crippen LogP contribution in [0.1, 0.15) is 27.9 Å². The van der Waals surface area contributed by atoms with E-state index in [9.17, 15) is 19.2 Å². The molecule has 5 rings (SSSR count). The Labute approximate surface area is 196 Å². The molecule has 2 N–H and O–H groups in total. The van der Waals surface area contributed by atoms with E-state index in [1.165, 1.54) is 6.07 Å². The van der Waals surface area contributed by atoms with Crippen LogP contribution in [0.2, 0.25) is 0 Å². The maximum atomic E-state index is 15.0. The molecule has 2 atom stereocenters. The fourth-order valence-corrected chi connectivity index (χ4v) is 4.46. The SMILES string of the molecule is N#C[C@H](Cc1ccc(-c2ccc3c(c2)C2(COC2)OC3=O)cc1F)NC(=O)[C@@H]1CNCCCO1. The summed E-state index contributed by atoms with van der Waals surface area (Å²) in [6.45, 7) is 2.23. The first-order valence-electron chi connectivity index (χ1n) is 11.3. The van der Waals surface area contributed by atoms with Crippen LogP contribution in [0.3, 0.4) is 0 Å². The van der Waals surface area contributed by atoms with Crippen LogP contribution in [0, 0.1) is 17.1 Å². The van der Waals surface area contributed by atoms with E-state index in [0.29, 0.717) is 43.1 Å². The quantitative estimate of drug-likeness (QED) is 0.649. The average Bonchev–Trinajstić information content (AvgIpc) is 2.96. The number of halogens is 1. The molecule has 0 radical (unpaired) electrons. The summed E-state index contributed by atoms with van der Waals surface area (Å²) in [6, 6.07) is 11.2. The number of nitriles is 1. The Morgan fingerprint density at radius 2 is 2.06 bits per heavy atom. The summed E-state index contributed by atoms with van der Waals surface area (Å²) in [5.41, 5.74) is 2.22. The smallest absolute Gasteiger partial charge is 0.339 e. The topological polar surface area (TPSA) is 110 Å².